The Morgan fingerprint density at radius 1 is 1.28 bits per heavy atom. The molecule has 1 aromatic carbocycles. The highest BCUT2D eigenvalue weighted by Gasteiger charge is 1.95. The van der Waals surface area contributed by atoms with E-state index in [-0.39, 0.29) is 0 Å². The first-order valence-electron chi connectivity index (χ1n) is 6.05. The molecule has 98 valence electrons. The molecule has 0 spiro atoms. The number of nitrogen functional groups attached to an aromatic ring is 1. The van der Waals surface area contributed by atoms with Crippen molar-refractivity contribution in [3.05, 3.63) is 41.4 Å². The van der Waals surface area contributed by atoms with Crippen molar-refractivity contribution in [2.24, 2.45) is 0 Å². The number of nitrogens with zero attached hydrogens (tertiary/aromatic N) is 1. The SMILES string of the molecule is CCCCc1csc(N)n1.COc1ccccc1. The average Bonchev–Trinajstić information content (AvgIpc) is 2.84. The molecule has 0 atom stereocenters. The molecule has 0 bridgehead atoms. The zero-order valence-electron chi connectivity index (χ0n) is 10.9. The molecule has 1 aromatic heterocycles. The molecule has 2 N–H and O–H groups in total. The lowest BCUT2D eigenvalue weighted by atomic mass is 10.2. The molecule has 0 saturated heterocycles. The second-order valence-electron chi connectivity index (χ2n) is 3.80. The largest absolute Gasteiger partial charge is 0.497 e. The van der Waals surface area contributed by atoms with E-state index in [0.29, 0.717) is 5.13 Å². The number of benzene rings is 1. The van der Waals surface area contributed by atoms with Gasteiger partial charge >= 0.3 is 0 Å². The van der Waals surface area contributed by atoms with Crippen LogP contribution in [-0.2, 0) is 6.42 Å². The van der Waals surface area contributed by atoms with E-state index in [0.717, 1.165) is 17.9 Å². The summed E-state index contributed by atoms with van der Waals surface area (Å²) in [5, 5.41) is 2.72. The number of aromatic nitrogens is 1. The number of nitrogens with two attached hydrogens (primary N) is 1. The van der Waals surface area contributed by atoms with Crippen molar-refractivity contribution >= 4 is 16.5 Å². The van der Waals surface area contributed by atoms with E-state index >= 15 is 0 Å². The molecule has 3 nitrogen and oxygen atoms in total. The van der Waals surface area contributed by atoms with Gasteiger partial charge in [-0.2, -0.15) is 0 Å². The minimum atomic E-state index is 0.686. The normalized spacial score (nSPS) is 9.44. The molecule has 0 aliphatic heterocycles. The van der Waals surface area contributed by atoms with Crippen molar-refractivity contribution in [2.45, 2.75) is 26.2 Å². The number of aryl methyl sites for hydroxylation is 1. The van der Waals surface area contributed by atoms with Gasteiger partial charge in [0.05, 0.1) is 12.8 Å². The Morgan fingerprint density at radius 3 is 2.44 bits per heavy atom. The van der Waals surface area contributed by atoms with Gasteiger partial charge in [-0.25, -0.2) is 4.98 Å². The van der Waals surface area contributed by atoms with Crippen LogP contribution in [0.1, 0.15) is 25.5 Å². The van der Waals surface area contributed by atoms with E-state index in [4.69, 9.17) is 10.5 Å². The fraction of sp³-hybridized carbons (Fsp3) is 0.357. The Morgan fingerprint density at radius 2 is 2.00 bits per heavy atom. The van der Waals surface area contributed by atoms with Crippen molar-refractivity contribution in [3.63, 3.8) is 0 Å². The van der Waals surface area contributed by atoms with Gasteiger partial charge in [-0.05, 0) is 25.0 Å². The van der Waals surface area contributed by atoms with Crippen LogP contribution in [0.4, 0.5) is 5.13 Å². The van der Waals surface area contributed by atoms with Crippen LogP contribution in [0.25, 0.3) is 0 Å². The van der Waals surface area contributed by atoms with Gasteiger partial charge in [0.1, 0.15) is 5.75 Å². The molecular formula is C14H20N2OS. The highest BCUT2D eigenvalue weighted by molar-refractivity contribution is 7.13. The average molecular weight is 264 g/mol. The molecule has 0 saturated carbocycles. The Labute approximate surface area is 113 Å². The first-order valence-corrected chi connectivity index (χ1v) is 6.93. The summed E-state index contributed by atoms with van der Waals surface area (Å²) in [6.45, 7) is 2.18. The van der Waals surface area contributed by atoms with Gasteiger partial charge < -0.3 is 10.5 Å². The lowest BCUT2D eigenvalue weighted by Gasteiger charge is -1.93. The van der Waals surface area contributed by atoms with Gasteiger partial charge in [0.25, 0.3) is 0 Å². The van der Waals surface area contributed by atoms with Gasteiger partial charge in [0.15, 0.2) is 5.13 Å². The summed E-state index contributed by atoms with van der Waals surface area (Å²) in [6.07, 6.45) is 3.50. The molecule has 0 aliphatic rings. The monoisotopic (exact) mass is 264 g/mol. The first-order chi connectivity index (χ1) is 8.76. The summed E-state index contributed by atoms with van der Waals surface area (Å²) in [5.41, 5.74) is 6.60. The van der Waals surface area contributed by atoms with Crippen LogP contribution in [0.2, 0.25) is 0 Å². The lowest BCUT2D eigenvalue weighted by molar-refractivity contribution is 0.415. The number of hydrogen-bond donors (Lipinski definition) is 1. The maximum absolute atomic E-state index is 5.46. The number of rotatable bonds is 4. The lowest BCUT2D eigenvalue weighted by Crippen LogP contribution is -1.86. The number of unbranched alkanes of at least 4 members (excludes halogenated alkanes) is 1. The fourth-order valence-corrected chi connectivity index (χ4v) is 1.95. The van der Waals surface area contributed by atoms with E-state index in [1.54, 1.807) is 7.11 Å². The number of methoxy groups -OCH3 is 1. The third-order valence-electron chi connectivity index (χ3n) is 2.33. The molecule has 0 unspecified atom stereocenters. The van der Waals surface area contributed by atoms with E-state index in [2.05, 4.69) is 11.9 Å². The van der Waals surface area contributed by atoms with Crippen LogP contribution >= 0.6 is 11.3 Å². The Bertz CT molecular complexity index is 428. The summed E-state index contributed by atoms with van der Waals surface area (Å²) < 4.78 is 4.91. The Kier molecular flexibility index (Phi) is 6.87. The Hall–Kier alpha value is -1.55. The van der Waals surface area contributed by atoms with Crippen molar-refractivity contribution in [1.82, 2.24) is 4.98 Å². The zero-order chi connectivity index (χ0) is 13.2. The third kappa shape index (κ3) is 5.68. The number of thiazole rings is 1. The van der Waals surface area contributed by atoms with Gasteiger partial charge in [-0.3, -0.25) is 0 Å². The molecule has 0 aliphatic carbocycles. The van der Waals surface area contributed by atoms with Gasteiger partial charge in [0.2, 0.25) is 0 Å². The van der Waals surface area contributed by atoms with Crippen molar-refractivity contribution in [1.29, 1.82) is 0 Å². The standard InChI is InChI=1S/C7H12N2S.C7H8O/c1-2-3-4-6-5-10-7(8)9-6;1-8-7-5-3-2-4-6-7/h5H,2-4H2,1H3,(H2,8,9);2-6H,1H3. The van der Waals surface area contributed by atoms with Crippen molar-refractivity contribution in [3.8, 4) is 5.75 Å². The summed E-state index contributed by atoms with van der Waals surface area (Å²) in [5.74, 6) is 0.910. The van der Waals surface area contributed by atoms with Gasteiger partial charge in [-0.1, -0.05) is 31.5 Å². The number of ether oxygens (including phenoxy) is 1. The number of anilines is 1. The molecule has 0 amide bonds. The minimum Gasteiger partial charge on any atom is -0.497 e. The molecule has 0 radical (unpaired) electrons. The van der Waals surface area contributed by atoms with E-state index in [9.17, 15) is 0 Å². The smallest absolute Gasteiger partial charge is 0.180 e. The topological polar surface area (TPSA) is 48.1 Å². The minimum absolute atomic E-state index is 0.686. The maximum Gasteiger partial charge on any atom is 0.180 e. The molecular weight excluding hydrogens is 244 g/mol. The van der Waals surface area contributed by atoms with E-state index < -0.39 is 0 Å². The van der Waals surface area contributed by atoms with E-state index in [1.807, 2.05) is 35.7 Å². The van der Waals surface area contributed by atoms with Crippen LogP contribution < -0.4 is 10.5 Å². The zero-order valence-corrected chi connectivity index (χ0v) is 11.7. The third-order valence-corrected chi connectivity index (χ3v) is 3.06. The summed E-state index contributed by atoms with van der Waals surface area (Å²) in [6, 6.07) is 9.68. The molecule has 2 rings (SSSR count). The van der Waals surface area contributed by atoms with Crippen molar-refractivity contribution in [2.75, 3.05) is 12.8 Å². The molecule has 18 heavy (non-hydrogen) atoms. The molecule has 1 heterocycles. The molecule has 4 heteroatoms. The fourth-order valence-electron chi connectivity index (χ4n) is 1.35. The van der Waals surface area contributed by atoms with E-state index in [1.165, 1.54) is 24.2 Å². The highest BCUT2D eigenvalue weighted by atomic mass is 32.1. The molecule has 2 aromatic rings. The first kappa shape index (κ1) is 14.5. The number of hydrogen-bond acceptors (Lipinski definition) is 4. The summed E-state index contributed by atoms with van der Waals surface area (Å²) in [4.78, 5) is 4.14. The quantitative estimate of drug-likeness (QED) is 0.914. The van der Waals surface area contributed by atoms with Gasteiger partial charge in [0, 0.05) is 5.38 Å². The van der Waals surface area contributed by atoms with Crippen molar-refractivity contribution < 1.29 is 4.74 Å². The van der Waals surface area contributed by atoms with Gasteiger partial charge in [-0.15, -0.1) is 11.3 Å². The Balaban J connectivity index is 0.000000184. The summed E-state index contributed by atoms with van der Waals surface area (Å²) >= 11 is 1.52. The predicted molar refractivity (Wildman–Crippen MR) is 78.1 cm³/mol. The predicted octanol–water partition coefficient (Wildman–Crippen LogP) is 3.76. The van der Waals surface area contributed by atoms with Crippen LogP contribution in [0, 0.1) is 0 Å². The van der Waals surface area contributed by atoms with Crippen LogP contribution in [0.15, 0.2) is 35.7 Å². The second-order valence-corrected chi connectivity index (χ2v) is 4.69. The van der Waals surface area contributed by atoms with Crippen LogP contribution in [0.5, 0.6) is 5.75 Å². The maximum atomic E-state index is 5.46. The highest BCUT2D eigenvalue weighted by Crippen LogP contribution is 2.12. The number of para-hydroxylation sites is 1. The van der Waals surface area contributed by atoms with Crippen LogP contribution in [0.3, 0.4) is 0 Å². The van der Waals surface area contributed by atoms with Crippen LogP contribution in [-0.4, -0.2) is 12.1 Å². The second kappa shape index (κ2) is 8.53. The molecule has 0 fully saturated rings. The summed E-state index contributed by atoms with van der Waals surface area (Å²) in [7, 11) is 1.66.